The molecule has 0 N–H and O–H groups in total. The van der Waals surface area contributed by atoms with Crippen molar-refractivity contribution in [3.63, 3.8) is 0 Å². The number of hydrogen-bond acceptors (Lipinski definition) is 2. The van der Waals surface area contributed by atoms with E-state index >= 15 is 0 Å². The summed E-state index contributed by atoms with van der Waals surface area (Å²) in [6, 6.07) is 9.52. The van der Waals surface area contributed by atoms with Gasteiger partial charge in [0.25, 0.3) is 0 Å². The number of unbranched alkanes of at least 4 members (excludes halogenated alkanes) is 9. The van der Waals surface area contributed by atoms with Crippen LogP contribution in [0, 0.1) is 0 Å². The maximum absolute atomic E-state index is 5.05. The van der Waals surface area contributed by atoms with E-state index in [-0.39, 0.29) is 0 Å². The first kappa shape index (κ1) is 28.9. The van der Waals surface area contributed by atoms with Crippen LogP contribution < -0.4 is 3.58 Å². The van der Waals surface area contributed by atoms with Gasteiger partial charge in [0.15, 0.2) is 0 Å². The van der Waals surface area contributed by atoms with Crippen LogP contribution in [0.25, 0.3) is 10.6 Å². The van der Waals surface area contributed by atoms with E-state index < -0.39 is 18.4 Å². The molecule has 0 saturated carbocycles. The van der Waals surface area contributed by atoms with E-state index in [0.29, 0.717) is 0 Å². The quantitative estimate of drug-likeness (QED) is 0.120. The van der Waals surface area contributed by atoms with Crippen molar-refractivity contribution in [3.05, 3.63) is 35.3 Å². The third kappa shape index (κ3) is 10.0. The molecule has 1 nitrogen and oxygen atoms in total. The zero-order chi connectivity index (χ0) is 23.8. The van der Waals surface area contributed by atoms with Crippen LogP contribution in [-0.4, -0.2) is 23.4 Å². The average molecular weight is 577 g/mol. The van der Waals surface area contributed by atoms with Crippen molar-refractivity contribution in [3.8, 4) is 10.6 Å². The summed E-state index contributed by atoms with van der Waals surface area (Å²) in [7, 11) is 0. The molecule has 0 atom stereocenters. The van der Waals surface area contributed by atoms with E-state index in [9.17, 15) is 0 Å². The van der Waals surface area contributed by atoms with Gasteiger partial charge in [-0.05, 0) is 0 Å². The molecule has 0 aromatic carbocycles. The van der Waals surface area contributed by atoms with Gasteiger partial charge >= 0.3 is 189 Å². The van der Waals surface area contributed by atoms with Crippen LogP contribution in [0.2, 0.25) is 13.3 Å². The first-order valence-corrected chi connectivity index (χ1v) is 22.5. The SMILES string of the molecule is CCCCCCCCCc1ccc(-c2cc[c]([Sn]([CH2]CCC)([CH2]CCC)[CH2]CCC)cn2)s1. The summed E-state index contributed by atoms with van der Waals surface area (Å²) < 4.78 is 6.26. The van der Waals surface area contributed by atoms with Crippen molar-refractivity contribution in [1.82, 2.24) is 4.98 Å². The Bertz CT molecular complexity index is 714. The Morgan fingerprint density at radius 2 is 1.21 bits per heavy atom. The zero-order valence-electron chi connectivity index (χ0n) is 22.3. The van der Waals surface area contributed by atoms with Crippen molar-refractivity contribution in [2.24, 2.45) is 0 Å². The van der Waals surface area contributed by atoms with Gasteiger partial charge in [-0.15, -0.1) is 0 Å². The molecule has 0 fully saturated rings. The van der Waals surface area contributed by atoms with E-state index in [4.69, 9.17) is 4.98 Å². The monoisotopic (exact) mass is 577 g/mol. The summed E-state index contributed by atoms with van der Waals surface area (Å²) in [5, 5.41) is 0. The number of rotatable bonds is 19. The number of thiophene rings is 1. The first-order valence-electron chi connectivity index (χ1n) is 14.2. The van der Waals surface area contributed by atoms with Gasteiger partial charge in [0.1, 0.15) is 0 Å². The van der Waals surface area contributed by atoms with Gasteiger partial charge in [0, 0.05) is 0 Å². The molecule has 0 bridgehead atoms. The minimum absolute atomic E-state index is 1.19. The Kier molecular flexibility index (Phi) is 15.0. The van der Waals surface area contributed by atoms with Gasteiger partial charge in [-0.25, -0.2) is 0 Å². The topological polar surface area (TPSA) is 12.9 Å². The summed E-state index contributed by atoms with van der Waals surface area (Å²) in [5.41, 5.74) is 1.19. The van der Waals surface area contributed by atoms with Gasteiger partial charge < -0.3 is 0 Å². The van der Waals surface area contributed by atoms with Crippen molar-refractivity contribution in [2.75, 3.05) is 0 Å². The molecule has 0 aliphatic rings. The van der Waals surface area contributed by atoms with Gasteiger partial charge in [-0.2, -0.15) is 0 Å². The number of aromatic nitrogens is 1. The number of pyridine rings is 1. The van der Waals surface area contributed by atoms with Crippen LogP contribution >= 0.6 is 11.3 Å². The van der Waals surface area contributed by atoms with Gasteiger partial charge in [-0.3, -0.25) is 0 Å². The van der Waals surface area contributed by atoms with Crippen molar-refractivity contribution < 1.29 is 0 Å². The van der Waals surface area contributed by atoms with Gasteiger partial charge in [-0.1, -0.05) is 26.2 Å². The molecule has 2 aromatic heterocycles. The van der Waals surface area contributed by atoms with Crippen molar-refractivity contribution in [2.45, 2.75) is 131 Å². The molecule has 3 heteroatoms. The van der Waals surface area contributed by atoms with Crippen LogP contribution in [0.3, 0.4) is 0 Å². The second kappa shape index (κ2) is 17.1. The predicted molar refractivity (Wildman–Crippen MR) is 154 cm³/mol. The second-order valence-electron chi connectivity index (χ2n) is 10.2. The molecule has 2 rings (SSSR count). The van der Waals surface area contributed by atoms with Gasteiger partial charge in [0.2, 0.25) is 0 Å². The minimum atomic E-state index is -2.35. The molecule has 0 spiro atoms. The maximum atomic E-state index is 5.05. The molecule has 33 heavy (non-hydrogen) atoms. The average Bonchev–Trinajstić information content (AvgIpc) is 3.32. The standard InChI is InChI=1S/C18H24NS.3C4H9.Sn/c1-2-3-4-5-6-7-8-11-16-13-14-18(20-16)17-12-9-10-15-19-17;3*1-3-4-2;/h9,12-15H,2-8,11H2,1H3;3*1,3-4H2,2H3;. The number of aryl methyl sites for hydroxylation is 1. The van der Waals surface area contributed by atoms with Crippen LogP contribution in [0.5, 0.6) is 0 Å². The van der Waals surface area contributed by atoms with Crippen LogP contribution in [0.1, 0.15) is 116 Å². The molecule has 0 amide bonds. The third-order valence-corrected chi connectivity index (χ3v) is 24.1. The molecule has 186 valence electrons. The number of hydrogen-bond donors (Lipinski definition) is 0. The third-order valence-electron chi connectivity index (χ3n) is 7.34. The zero-order valence-corrected chi connectivity index (χ0v) is 25.9. The Balaban J connectivity index is 2.01. The van der Waals surface area contributed by atoms with Crippen LogP contribution in [0.15, 0.2) is 30.5 Å². The Morgan fingerprint density at radius 3 is 1.76 bits per heavy atom. The van der Waals surface area contributed by atoms with E-state index in [1.165, 1.54) is 119 Å². The van der Waals surface area contributed by atoms with Crippen LogP contribution in [0.4, 0.5) is 0 Å². The Morgan fingerprint density at radius 1 is 0.636 bits per heavy atom. The fourth-order valence-electron chi connectivity index (χ4n) is 5.11. The molecule has 2 aromatic rings. The summed E-state index contributed by atoms with van der Waals surface area (Å²) in [5.74, 6) is 0. The molecule has 2 heterocycles. The molecule has 0 saturated heterocycles. The van der Waals surface area contributed by atoms with E-state index in [1.807, 2.05) is 11.3 Å². The summed E-state index contributed by atoms with van der Waals surface area (Å²) in [6.45, 7) is 9.37. The fourth-order valence-corrected chi connectivity index (χ4v) is 21.8. The molecule has 0 radical (unpaired) electrons. The molecule has 0 aliphatic heterocycles. The molecular formula is C30H51NSSn. The fraction of sp³-hybridized carbons (Fsp3) is 0.700. The second-order valence-corrected chi connectivity index (χ2v) is 24.6. The first-order chi connectivity index (χ1) is 16.2. The summed E-state index contributed by atoms with van der Waals surface area (Å²) in [6.07, 6.45) is 21.5. The van der Waals surface area contributed by atoms with Crippen molar-refractivity contribution >= 4 is 33.3 Å². The van der Waals surface area contributed by atoms with Crippen molar-refractivity contribution in [1.29, 1.82) is 0 Å². The predicted octanol–water partition coefficient (Wildman–Crippen LogP) is 10.2. The van der Waals surface area contributed by atoms with E-state index in [1.54, 1.807) is 3.58 Å². The summed E-state index contributed by atoms with van der Waals surface area (Å²) in [4.78, 5) is 7.95. The van der Waals surface area contributed by atoms with Crippen LogP contribution in [-0.2, 0) is 6.42 Å². The Labute approximate surface area is 214 Å². The molecule has 0 unspecified atom stereocenters. The molecular weight excluding hydrogens is 525 g/mol. The molecule has 0 aliphatic carbocycles. The van der Waals surface area contributed by atoms with E-state index in [0.717, 1.165) is 0 Å². The van der Waals surface area contributed by atoms with E-state index in [2.05, 4.69) is 58.2 Å². The number of nitrogens with zero attached hydrogens (tertiary/aromatic N) is 1. The Hall–Kier alpha value is -0.351. The van der Waals surface area contributed by atoms with Gasteiger partial charge in [0.05, 0.1) is 0 Å². The normalized spacial score (nSPS) is 11.9. The summed E-state index contributed by atoms with van der Waals surface area (Å²) >= 11 is -0.386.